The van der Waals surface area contributed by atoms with Crippen molar-refractivity contribution in [3.63, 3.8) is 0 Å². The number of pyridine rings is 1. The van der Waals surface area contributed by atoms with E-state index in [4.69, 9.17) is 10.00 Å². The van der Waals surface area contributed by atoms with Crippen molar-refractivity contribution in [3.8, 4) is 17.8 Å². The van der Waals surface area contributed by atoms with Crippen molar-refractivity contribution in [3.05, 3.63) is 65.9 Å². The van der Waals surface area contributed by atoms with Crippen molar-refractivity contribution in [2.75, 3.05) is 36.4 Å². The van der Waals surface area contributed by atoms with Crippen LogP contribution in [-0.4, -0.2) is 57.1 Å². The molecule has 0 aliphatic carbocycles. The summed E-state index contributed by atoms with van der Waals surface area (Å²) in [5.41, 5.74) is -0.720. The van der Waals surface area contributed by atoms with Gasteiger partial charge in [-0.25, -0.2) is 0 Å². The molecule has 1 aliphatic rings. The van der Waals surface area contributed by atoms with Crippen LogP contribution in [0.1, 0.15) is 25.0 Å². The Hall–Kier alpha value is -4.50. The van der Waals surface area contributed by atoms with Gasteiger partial charge in [0.15, 0.2) is 0 Å². The molecule has 0 bridgehead atoms. The molecule has 5 rings (SSSR count). The predicted molar refractivity (Wildman–Crippen MR) is 140 cm³/mol. The number of halogens is 3. The third-order valence-electron chi connectivity index (χ3n) is 6.44. The molecule has 0 amide bonds. The van der Waals surface area contributed by atoms with Crippen molar-refractivity contribution >= 4 is 28.5 Å². The molecule has 0 unspecified atom stereocenters. The molecular formula is C27H25F3N8O. The van der Waals surface area contributed by atoms with Gasteiger partial charge < -0.3 is 15.0 Å². The van der Waals surface area contributed by atoms with Crippen molar-refractivity contribution in [1.29, 1.82) is 5.26 Å². The zero-order valence-corrected chi connectivity index (χ0v) is 21.3. The molecule has 2 aromatic heterocycles. The summed E-state index contributed by atoms with van der Waals surface area (Å²) in [5, 5.41) is 12.7. The molecule has 4 aromatic rings. The Bertz CT molecular complexity index is 1520. The average Bonchev–Trinajstić information content (AvgIpc) is 2.93. The van der Waals surface area contributed by atoms with Crippen molar-refractivity contribution in [2.24, 2.45) is 0 Å². The quantitative estimate of drug-likeness (QED) is 0.349. The topological polar surface area (TPSA) is 103 Å². The smallest absolute Gasteiger partial charge is 0.417 e. The monoisotopic (exact) mass is 534 g/mol. The van der Waals surface area contributed by atoms with Crippen LogP contribution in [0, 0.1) is 11.3 Å². The summed E-state index contributed by atoms with van der Waals surface area (Å²) in [6.07, 6.45) is -3.08. The number of nitriles is 1. The molecule has 200 valence electrons. The van der Waals surface area contributed by atoms with E-state index in [1.54, 1.807) is 18.3 Å². The van der Waals surface area contributed by atoms with Crippen LogP contribution in [0.15, 0.2) is 54.7 Å². The Morgan fingerprint density at radius 1 is 1.00 bits per heavy atom. The van der Waals surface area contributed by atoms with Crippen LogP contribution >= 0.6 is 0 Å². The zero-order valence-electron chi connectivity index (χ0n) is 21.3. The van der Waals surface area contributed by atoms with Crippen molar-refractivity contribution in [2.45, 2.75) is 26.1 Å². The first kappa shape index (κ1) is 26.1. The first-order valence-electron chi connectivity index (χ1n) is 12.4. The molecule has 0 atom stereocenters. The first-order chi connectivity index (χ1) is 18.7. The summed E-state index contributed by atoms with van der Waals surface area (Å²) in [6, 6.07) is 14.4. The lowest BCUT2D eigenvalue weighted by atomic mass is 10.1. The lowest BCUT2D eigenvalue weighted by Crippen LogP contribution is -2.49. The Morgan fingerprint density at radius 3 is 2.49 bits per heavy atom. The molecule has 1 N–H and O–H groups in total. The molecule has 12 heteroatoms. The van der Waals surface area contributed by atoms with Crippen LogP contribution in [0.4, 0.5) is 30.8 Å². The maximum absolute atomic E-state index is 13.5. The molecule has 9 nitrogen and oxygen atoms in total. The minimum atomic E-state index is -4.69. The number of anilines is 3. The number of piperazine rings is 1. The zero-order chi connectivity index (χ0) is 27.6. The third kappa shape index (κ3) is 5.83. The molecule has 2 aromatic carbocycles. The van der Waals surface area contributed by atoms with Crippen LogP contribution in [-0.2, 0) is 6.18 Å². The van der Waals surface area contributed by atoms with E-state index in [9.17, 15) is 13.2 Å². The van der Waals surface area contributed by atoms with Gasteiger partial charge in [0.25, 0.3) is 0 Å². The standard InChI is InChI=1S/C27H25F3N8O/c1-17(2)37-11-13-38(14-12-37)25-34-24(33-19-8-7-18(16-31)21(15-19)27(28,29)30)35-26(36-25)39-23-9-10-32-22-6-4-3-5-20(22)23/h3-10,15,17H,11-14H2,1-2H3,(H,33,34,35,36). The number of nitrogens with zero attached hydrogens (tertiary/aromatic N) is 7. The molecular weight excluding hydrogens is 509 g/mol. The van der Waals surface area contributed by atoms with Crippen LogP contribution in [0.5, 0.6) is 11.8 Å². The first-order valence-corrected chi connectivity index (χ1v) is 12.4. The fourth-order valence-electron chi connectivity index (χ4n) is 4.37. The van der Waals surface area contributed by atoms with Crippen LogP contribution in [0.2, 0.25) is 0 Å². The number of aromatic nitrogens is 4. The van der Waals surface area contributed by atoms with E-state index in [2.05, 4.69) is 44.0 Å². The van der Waals surface area contributed by atoms with Gasteiger partial charge in [0, 0.05) is 49.5 Å². The van der Waals surface area contributed by atoms with E-state index in [1.807, 2.05) is 29.2 Å². The van der Waals surface area contributed by atoms with E-state index in [0.717, 1.165) is 36.1 Å². The summed E-state index contributed by atoms with van der Waals surface area (Å²) in [6.45, 7) is 7.21. The van der Waals surface area contributed by atoms with Crippen LogP contribution < -0.4 is 15.0 Å². The van der Waals surface area contributed by atoms with Gasteiger partial charge in [0.2, 0.25) is 11.9 Å². The molecule has 0 radical (unpaired) electrons. The second-order valence-electron chi connectivity index (χ2n) is 9.28. The minimum absolute atomic E-state index is 0.0116. The number of benzene rings is 2. The normalized spacial score (nSPS) is 14.4. The number of rotatable bonds is 6. The highest BCUT2D eigenvalue weighted by atomic mass is 19.4. The second kappa shape index (κ2) is 10.7. The summed E-state index contributed by atoms with van der Waals surface area (Å²) in [7, 11) is 0. The van der Waals surface area contributed by atoms with Crippen molar-refractivity contribution in [1.82, 2.24) is 24.8 Å². The highest BCUT2D eigenvalue weighted by molar-refractivity contribution is 5.84. The van der Waals surface area contributed by atoms with Gasteiger partial charge in [0.1, 0.15) is 5.75 Å². The van der Waals surface area contributed by atoms with Crippen LogP contribution in [0.3, 0.4) is 0 Å². The molecule has 39 heavy (non-hydrogen) atoms. The summed E-state index contributed by atoms with van der Waals surface area (Å²) >= 11 is 0. The Balaban J connectivity index is 1.51. The average molecular weight is 535 g/mol. The van der Waals surface area contributed by atoms with Gasteiger partial charge in [0.05, 0.1) is 22.7 Å². The van der Waals surface area contributed by atoms with Crippen LogP contribution in [0.25, 0.3) is 10.9 Å². The largest absolute Gasteiger partial charge is 0.423 e. The van der Waals surface area contributed by atoms with E-state index in [1.165, 1.54) is 6.07 Å². The number of hydrogen-bond donors (Lipinski definition) is 1. The highest BCUT2D eigenvalue weighted by Gasteiger charge is 2.34. The third-order valence-corrected chi connectivity index (χ3v) is 6.44. The number of para-hydroxylation sites is 1. The van der Waals surface area contributed by atoms with Gasteiger partial charge in [-0.2, -0.15) is 33.4 Å². The minimum Gasteiger partial charge on any atom is -0.423 e. The second-order valence-corrected chi connectivity index (χ2v) is 9.28. The lowest BCUT2D eigenvalue weighted by Gasteiger charge is -2.36. The van der Waals surface area contributed by atoms with Gasteiger partial charge in [-0.3, -0.25) is 9.88 Å². The summed E-state index contributed by atoms with van der Waals surface area (Å²) in [5.74, 6) is 0.831. The van der Waals surface area contributed by atoms with Gasteiger partial charge in [-0.05, 0) is 50.2 Å². The molecule has 1 fully saturated rings. The summed E-state index contributed by atoms with van der Waals surface area (Å²) < 4.78 is 46.7. The van der Waals surface area contributed by atoms with E-state index >= 15 is 0 Å². The van der Waals surface area contributed by atoms with Gasteiger partial charge >= 0.3 is 12.2 Å². The Morgan fingerprint density at radius 2 is 1.77 bits per heavy atom. The molecule has 3 heterocycles. The molecule has 0 saturated carbocycles. The number of alkyl halides is 3. The van der Waals surface area contributed by atoms with Crippen molar-refractivity contribution < 1.29 is 17.9 Å². The number of fused-ring (bicyclic) bond motifs is 1. The summed E-state index contributed by atoms with van der Waals surface area (Å²) in [4.78, 5) is 22.0. The number of nitrogens with one attached hydrogen (secondary N) is 1. The molecule has 1 saturated heterocycles. The maximum Gasteiger partial charge on any atom is 0.417 e. The fraction of sp³-hybridized carbons (Fsp3) is 0.296. The van der Waals surface area contributed by atoms with Gasteiger partial charge in [-0.15, -0.1) is 0 Å². The predicted octanol–water partition coefficient (Wildman–Crippen LogP) is 5.38. The number of hydrogen-bond acceptors (Lipinski definition) is 9. The van der Waals surface area contributed by atoms with Gasteiger partial charge in [-0.1, -0.05) is 12.1 Å². The number of ether oxygens (including phenoxy) is 1. The maximum atomic E-state index is 13.5. The molecule has 1 aliphatic heterocycles. The lowest BCUT2D eigenvalue weighted by molar-refractivity contribution is -0.137. The van der Waals surface area contributed by atoms with E-state index in [0.29, 0.717) is 30.8 Å². The SMILES string of the molecule is CC(C)N1CCN(c2nc(Nc3ccc(C#N)c(C(F)(F)F)c3)nc(Oc3ccnc4ccccc34)n2)CC1. The van der Waals surface area contributed by atoms with E-state index < -0.39 is 17.3 Å². The Kier molecular flexibility index (Phi) is 7.17. The fourth-order valence-corrected chi connectivity index (χ4v) is 4.37. The Labute approximate surface area is 222 Å². The highest BCUT2D eigenvalue weighted by Crippen LogP contribution is 2.34. The molecule has 0 spiro atoms. The van der Waals surface area contributed by atoms with E-state index in [-0.39, 0.29) is 17.6 Å².